The Morgan fingerprint density at radius 3 is 2.26 bits per heavy atom. The maximum atomic E-state index is 13.1. The van der Waals surface area contributed by atoms with Crippen molar-refractivity contribution in [3.8, 4) is 0 Å². The molecule has 1 aromatic heterocycles. The predicted octanol–water partition coefficient (Wildman–Crippen LogP) is 2.90. The van der Waals surface area contributed by atoms with Gasteiger partial charge in [0, 0.05) is 59.0 Å². The van der Waals surface area contributed by atoms with Gasteiger partial charge >= 0.3 is 0 Å². The van der Waals surface area contributed by atoms with Crippen molar-refractivity contribution in [1.82, 2.24) is 15.0 Å². The van der Waals surface area contributed by atoms with E-state index in [4.69, 9.17) is 5.73 Å². The molecule has 0 fully saturated rings. The molecule has 1 aliphatic rings. The van der Waals surface area contributed by atoms with Crippen LogP contribution in [0.2, 0.25) is 0 Å². The second kappa shape index (κ2) is 10.4. The van der Waals surface area contributed by atoms with Gasteiger partial charge in [-0.3, -0.25) is 9.59 Å². The molecule has 31 heavy (non-hydrogen) atoms. The summed E-state index contributed by atoms with van der Waals surface area (Å²) in [6.45, 7) is 7.57. The van der Waals surface area contributed by atoms with E-state index in [0.717, 1.165) is 5.56 Å². The summed E-state index contributed by atoms with van der Waals surface area (Å²) in [4.78, 5) is 38.2. The summed E-state index contributed by atoms with van der Waals surface area (Å²) in [7, 11) is 1.73. The van der Waals surface area contributed by atoms with Crippen LogP contribution in [0.1, 0.15) is 62.9 Å². The number of benzene rings is 2. The van der Waals surface area contributed by atoms with Gasteiger partial charge < -0.3 is 25.9 Å². The molecule has 2 aromatic carbocycles. The maximum absolute atomic E-state index is 13.1. The summed E-state index contributed by atoms with van der Waals surface area (Å²) in [5, 5.41) is 3.12. The minimum atomic E-state index is -0.239. The second-order valence-corrected chi connectivity index (χ2v) is 6.56. The molecule has 9 heteroatoms. The van der Waals surface area contributed by atoms with Gasteiger partial charge in [0.05, 0.1) is 11.1 Å². The third-order valence-electron chi connectivity index (χ3n) is 4.67. The number of hydrogen-bond donors (Lipinski definition) is 2. The van der Waals surface area contributed by atoms with Crippen molar-refractivity contribution in [3.05, 3.63) is 76.1 Å². The van der Waals surface area contributed by atoms with Crippen molar-refractivity contribution < 1.29 is 28.1 Å². The van der Waals surface area contributed by atoms with E-state index in [9.17, 15) is 9.59 Å². The molecule has 4 rings (SSSR count). The van der Waals surface area contributed by atoms with Crippen LogP contribution in [-0.4, -0.2) is 33.9 Å². The number of nitrogens with one attached hydrogen (secondary N) is 1. The maximum Gasteiger partial charge on any atom is 0.238 e. The summed E-state index contributed by atoms with van der Waals surface area (Å²) in [6, 6.07) is 8.56. The molecule has 0 unspecified atom stereocenters. The van der Waals surface area contributed by atoms with Crippen LogP contribution in [0.25, 0.3) is 0 Å². The Morgan fingerprint density at radius 1 is 1.03 bits per heavy atom. The number of nitrogens with two attached hydrogens (primary N) is 1. The van der Waals surface area contributed by atoms with Gasteiger partial charge in [0.2, 0.25) is 7.41 Å². The van der Waals surface area contributed by atoms with Crippen molar-refractivity contribution in [2.75, 3.05) is 11.0 Å². The Morgan fingerprint density at radius 2 is 1.65 bits per heavy atom. The molecule has 0 bridgehead atoms. The third-order valence-corrected chi connectivity index (χ3v) is 4.67. The molecule has 1 heterocycles. The molecule has 0 aliphatic heterocycles. The van der Waals surface area contributed by atoms with E-state index < -0.39 is 0 Å². The van der Waals surface area contributed by atoms with Crippen molar-refractivity contribution in [2.24, 2.45) is 0 Å². The van der Waals surface area contributed by atoms with Crippen LogP contribution < -0.4 is 11.0 Å². The largest absolute Gasteiger partial charge is 0.432 e. The third kappa shape index (κ3) is 4.70. The number of aryl methyl sites for hydroxylation is 2. The Kier molecular flexibility index (Phi) is 8.14. The first-order valence-corrected chi connectivity index (χ1v) is 9.74. The van der Waals surface area contributed by atoms with E-state index >= 15 is 0 Å². The van der Waals surface area contributed by atoms with Crippen molar-refractivity contribution in [3.63, 3.8) is 0 Å². The van der Waals surface area contributed by atoms with E-state index in [-0.39, 0.29) is 35.7 Å². The van der Waals surface area contributed by atoms with Gasteiger partial charge in [-0.2, -0.15) is 0 Å². The first-order valence-electron chi connectivity index (χ1n) is 9.74. The van der Waals surface area contributed by atoms with Crippen LogP contribution in [0.5, 0.6) is 0 Å². The van der Waals surface area contributed by atoms with Gasteiger partial charge in [-0.25, -0.2) is 0 Å². The number of carbonyl (C=O) groups is 2. The van der Waals surface area contributed by atoms with Crippen LogP contribution in [0, 0.1) is 20.2 Å². The number of anilines is 2. The van der Waals surface area contributed by atoms with E-state index in [0.29, 0.717) is 46.0 Å². The predicted molar refractivity (Wildman–Crippen MR) is 117 cm³/mol. The zero-order chi connectivity index (χ0) is 21.8. The fraction of sp³-hybridized carbons (Fsp3) is 0.227. The molecule has 0 atom stereocenters. The van der Waals surface area contributed by atoms with Crippen molar-refractivity contribution >= 4 is 30.4 Å². The van der Waals surface area contributed by atoms with Crippen LogP contribution in [0.4, 0.5) is 11.4 Å². The molecule has 7 nitrogen and oxygen atoms in total. The zero-order valence-corrected chi connectivity index (χ0v) is 19.3. The smallest absolute Gasteiger partial charge is 0.238 e. The number of fused-ring (bicyclic) bond motifs is 2. The fourth-order valence-electron chi connectivity index (χ4n) is 3.30. The van der Waals surface area contributed by atoms with Crippen molar-refractivity contribution in [1.29, 1.82) is 0 Å². The molecule has 3 N–H and O–H groups in total. The molecule has 156 valence electrons. The zero-order valence-electron chi connectivity index (χ0n) is 17.9. The molecule has 3 aromatic rings. The minimum absolute atomic E-state index is 0. The summed E-state index contributed by atoms with van der Waals surface area (Å²) in [5.41, 5.74) is 9.07. The Bertz CT molecular complexity index is 1140. The Hall–Kier alpha value is -2.96. The van der Waals surface area contributed by atoms with E-state index in [1.54, 1.807) is 44.7 Å². The Labute approximate surface area is 194 Å². The topological polar surface area (TPSA) is 111 Å². The summed E-state index contributed by atoms with van der Waals surface area (Å²) < 4.78 is 0. The number of rotatable bonds is 4. The Balaban J connectivity index is 0.00000111. The summed E-state index contributed by atoms with van der Waals surface area (Å²) in [5.74, 6) is 0.666. The second-order valence-electron chi connectivity index (χ2n) is 6.56. The van der Waals surface area contributed by atoms with E-state index in [1.165, 1.54) is 0 Å². The molecule has 0 amide bonds. The van der Waals surface area contributed by atoms with Crippen LogP contribution in [0.15, 0.2) is 30.3 Å². The number of carbonyl (C=O) groups excluding carboxylic acids is 2. The molecule has 0 spiro atoms. The van der Waals surface area contributed by atoms with Crippen molar-refractivity contribution in [2.45, 2.75) is 34.0 Å². The van der Waals surface area contributed by atoms with Gasteiger partial charge in [-0.1, -0.05) is 45.0 Å². The number of nitrogen functional groups attached to an aromatic ring is 1. The van der Waals surface area contributed by atoms with Gasteiger partial charge in [0.15, 0.2) is 11.6 Å². The first kappa shape index (κ1) is 24.3. The first-order chi connectivity index (χ1) is 14.5. The molecule has 1 aliphatic carbocycles. The van der Waals surface area contributed by atoms with Crippen LogP contribution in [-0.2, 0) is 24.9 Å². The van der Waals surface area contributed by atoms with Gasteiger partial charge in [-0.15, -0.1) is 0 Å². The van der Waals surface area contributed by atoms with Gasteiger partial charge in [0.1, 0.15) is 0 Å². The minimum Gasteiger partial charge on any atom is -0.432 e. The van der Waals surface area contributed by atoms with Crippen LogP contribution in [0.3, 0.4) is 0 Å². The summed E-state index contributed by atoms with van der Waals surface area (Å²) >= 11 is 0. The molecule has 0 saturated heterocycles. The average molecular weight is 450 g/mol. The monoisotopic (exact) mass is 450 g/mol. The van der Waals surface area contributed by atoms with Gasteiger partial charge in [0.25, 0.3) is 0 Å². The SMILES string of the molecule is CC.Cc1n[c-]nc(C[B]Nc2cc(C)c(N)c3c2C(=O)c2ccccc2C3=O)n1.[V]. The number of nitrogens with zero attached hydrogens (tertiary/aromatic N) is 3. The average Bonchev–Trinajstić information content (AvgIpc) is 2.76. The van der Waals surface area contributed by atoms with E-state index in [1.807, 2.05) is 20.8 Å². The standard InChI is InChI=1S/C20H16BN5O2.C2H6.V/c1-10-7-14(26-21-8-15-24-9-23-11(2)25-15)16-17(18(10)22)20(28)13-6-4-3-5-12(13)19(16)27;1-2;/h3-7,26H,8,22H2,1-2H3;1-2H3;/q-1;;. The quantitative estimate of drug-likeness (QED) is 0.280. The fourth-order valence-corrected chi connectivity index (χ4v) is 3.30. The van der Waals surface area contributed by atoms with Gasteiger partial charge in [-0.05, 0) is 24.9 Å². The van der Waals surface area contributed by atoms with Crippen LogP contribution >= 0.6 is 0 Å². The molecule has 2 radical (unpaired) electrons. The van der Waals surface area contributed by atoms with E-state index in [2.05, 4.69) is 26.5 Å². The summed E-state index contributed by atoms with van der Waals surface area (Å²) in [6.07, 6.45) is 2.94. The molecular weight excluding hydrogens is 428 g/mol. The molecule has 0 saturated carbocycles. The molecular formula is C22H22BN5O2V-. The number of hydrogen-bond acceptors (Lipinski definition) is 7. The number of ketones is 2. The number of aromatic nitrogens is 3. The normalized spacial score (nSPS) is 11.4.